The minimum Gasteiger partial charge on any atom is -0.462 e. The van der Waals surface area contributed by atoms with Crippen LogP contribution in [-0.2, 0) is 14.2 Å². The summed E-state index contributed by atoms with van der Waals surface area (Å²) in [4.78, 5) is 39.7. The second-order valence-electron chi connectivity index (χ2n) is 17.9. The van der Waals surface area contributed by atoms with E-state index in [-0.39, 0.29) is 23.3 Å². The first-order chi connectivity index (χ1) is 31.0. The fraction of sp³-hybridized carbons (Fsp3) is 0.737. The van der Waals surface area contributed by atoms with Gasteiger partial charge in [-0.05, 0) is 115 Å². The van der Waals surface area contributed by atoms with Crippen molar-refractivity contribution in [3.05, 3.63) is 71.3 Å². The van der Waals surface area contributed by atoms with Crippen molar-refractivity contribution in [2.24, 2.45) is 0 Å². The molecule has 1 aromatic rings. The van der Waals surface area contributed by atoms with E-state index < -0.39 is 17.9 Å². The predicted octanol–water partition coefficient (Wildman–Crippen LogP) is 17.9. The summed E-state index contributed by atoms with van der Waals surface area (Å²) in [5.74, 6) is -1.66. The summed E-state index contributed by atoms with van der Waals surface area (Å²) in [5, 5.41) is 0. The van der Waals surface area contributed by atoms with E-state index in [0.717, 1.165) is 77.0 Å². The van der Waals surface area contributed by atoms with Gasteiger partial charge in [0.1, 0.15) is 0 Å². The zero-order valence-corrected chi connectivity index (χ0v) is 41.2. The van der Waals surface area contributed by atoms with Crippen molar-refractivity contribution in [3.63, 3.8) is 0 Å². The number of rotatable bonds is 45. The van der Waals surface area contributed by atoms with E-state index in [0.29, 0.717) is 13.2 Å². The molecule has 0 heterocycles. The summed E-state index contributed by atoms with van der Waals surface area (Å²) in [6, 6.07) is 4.51. The maximum Gasteiger partial charge on any atom is 0.339 e. The van der Waals surface area contributed by atoms with Crippen molar-refractivity contribution in [2.45, 2.75) is 252 Å². The molecule has 0 aromatic heterocycles. The first-order valence-electron chi connectivity index (χ1n) is 26.6. The largest absolute Gasteiger partial charge is 0.462 e. The van der Waals surface area contributed by atoms with Crippen molar-refractivity contribution in [1.82, 2.24) is 0 Å². The Morgan fingerprint density at radius 2 is 0.603 bits per heavy atom. The van der Waals surface area contributed by atoms with Crippen LogP contribution in [0, 0.1) is 0 Å². The standard InChI is InChI=1S/C57H96O6/c1-4-7-10-13-16-19-22-25-28-31-34-37-40-43-48-61-55(58)52-46-47-53(56(59)62-49-44-41-38-35-32-29-26-23-20-17-14-11-8-5-2)54(51-52)57(60)63-50-45-42-39-36-33-30-27-24-21-18-15-12-9-6-3/h19-24,46-47,51H,4-18,25-45,48-50H2,1-3H3/b22-19+,23-20+,24-21+. The van der Waals surface area contributed by atoms with Gasteiger partial charge >= 0.3 is 17.9 Å². The van der Waals surface area contributed by atoms with E-state index in [1.165, 1.54) is 166 Å². The molecule has 0 spiro atoms. The van der Waals surface area contributed by atoms with E-state index in [9.17, 15) is 14.4 Å². The van der Waals surface area contributed by atoms with Crippen LogP contribution in [0.2, 0.25) is 0 Å². The molecule has 6 nitrogen and oxygen atoms in total. The number of allylic oxidation sites excluding steroid dienone is 6. The molecule has 0 radical (unpaired) electrons. The summed E-state index contributed by atoms with van der Waals surface area (Å²) in [6.45, 7) is 7.65. The van der Waals surface area contributed by atoms with Crippen LogP contribution in [0.15, 0.2) is 54.7 Å². The summed E-state index contributed by atoms with van der Waals surface area (Å²) >= 11 is 0. The smallest absolute Gasteiger partial charge is 0.339 e. The topological polar surface area (TPSA) is 78.9 Å². The number of hydrogen-bond acceptors (Lipinski definition) is 6. The lowest BCUT2D eigenvalue weighted by Crippen LogP contribution is -2.17. The average molecular weight is 877 g/mol. The molecule has 0 aliphatic heterocycles. The monoisotopic (exact) mass is 877 g/mol. The molecule has 0 aliphatic rings. The maximum atomic E-state index is 13.4. The third-order valence-corrected chi connectivity index (χ3v) is 11.9. The van der Waals surface area contributed by atoms with E-state index in [4.69, 9.17) is 14.2 Å². The molecule has 0 bridgehead atoms. The molecule has 0 saturated carbocycles. The maximum absolute atomic E-state index is 13.4. The summed E-state index contributed by atoms with van der Waals surface area (Å²) in [6.07, 6.45) is 56.4. The second-order valence-corrected chi connectivity index (χ2v) is 17.9. The van der Waals surface area contributed by atoms with Crippen molar-refractivity contribution in [1.29, 1.82) is 0 Å². The van der Waals surface area contributed by atoms with E-state index >= 15 is 0 Å². The number of benzene rings is 1. The highest BCUT2D eigenvalue weighted by molar-refractivity contribution is 6.05. The minimum atomic E-state index is -0.605. The number of unbranched alkanes of at least 4 members (excludes halogenated alkanes) is 30. The van der Waals surface area contributed by atoms with E-state index in [1.54, 1.807) is 6.07 Å². The van der Waals surface area contributed by atoms with E-state index in [2.05, 4.69) is 57.2 Å². The van der Waals surface area contributed by atoms with Crippen LogP contribution in [0.3, 0.4) is 0 Å². The molecule has 360 valence electrons. The highest BCUT2D eigenvalue weighted by atomic mass is 16.5. The number of carbonyl (C=O) groups is 3. The van der Waals surface area contributed by atoms with Gasteiger partial charge in [0.2, 0.25) is 0 Å². The van der Waals surface area contributed by atoms with Gasteiger partial charge in [0.05, 0.1) is 36.5 Å². The second kappa shape index (κ2) is 45.4. The van der Waals surface area contributed by atoms with Crippen molar-refractivity contribution in [2.75, 3.05) is 19.8 Å². The first kappa shape index (κ1) is 57.9. The Balaban J connectivity index is 2.51. The van der Waals surface area contributed by atoms with Gasteiger partial charge in [0, 0.05) is 0 Å². The average Bonchev–Trinajstić information content (AvgIpc) is 3.29. The van der Waals surface area contributed by atoms with Crippen LogP contribution in [0.25, 0.3) is 0 Å². The molecule has 63 heavy (non-hydrogen) atoms. The van der Waals surface area contributed by atoms with Crippen molar-refractivity contribution < 1.29 is 28.6 Å². The SMILES string of the molecule is CCCCCC/C=C/CCCCCCCCOC(=O)c1ccc(C(=O)OCCCCCCCC/C=C/CCCCCC)c(C(=O)OCCCCCCCC/C=C/CCCCCC)c1. The molecule has 1 aromatic carbocycles. The Morgan fingerprint density at radius 1 is 0.333 bits per heavy atom. The van der Waals surface area contributed by atoms with Gasteiger partial charge in [-0.25, -0.2) is 14.4 Å². The van der Waals surface area contributed by atoms with Gasteiger partial charge in [0.15, 0.2) is 0 Å². The lowest BCUT2D eigenvalue weighted by molar-refractivity contribution is 0.0448. The fourth-order valence-electron chi connectivity index (χ4n) is 7.74. The Kier molecular flexibility index (Phi) is 41.7. The van der Waals surface area contributed by atoms with Crippen molar-refractivity contribution in [3.8, 4) is 0 Å². The Labute approximate surface area is 388 Å². The van der Waals surface area contributed by atoms with Crippen molar-refractivity contribution >= 4 is 17.9 Å². The van der Waals surface area contributed by atoms with Crippen LogP contribution >= 0.6 is 0 Å². The zero-order chi connectivity index (χ0) is 45.5. The Morgan fingerprint density at radius 3 is 0.937 bits per heavy atom. The molecule has 0 unspecified atom stereocenters. The molecule has 0 saturated heterocycles. The van der Waals surface area contributed by atoms with Crippen LogP contribution in [0.5, 0.6) is 0 Å². The molecule has 0 fully saturated rings. The zero-order valence-electron chi connectivity index (χ0n) is 41.2. The van der Waals surface area contributed by atoms with Gasteiger partial charge < -0.3 is 14.2 Å². The number of ether oxygens (including phenoxy) is 3. The summed E-state index contributed by atoms with van der Waals surface area (Å²) < 4.78 is 16.9. The number of carbonyl (C=O) groups excluding carboxylic acids is 3. The molecule has 6 heteroatoms. The molecule has 1 rings (SSSR count). The third kappa shape index (κ3) is 35.8. The van der Waals surface area contributed by atoms with Gasteiger partial charge in [-0.15, -0.1) is 0 Å². The normalized spacial score (nSPS) is 11.7. The first-order valence-corrected chi connectivity index (χ1v) is 26.6. The predicted molar refractivity (Wildman–Crippen MR) is 268 cm³/mol. The third-order valence-electron chi connectivity index (χ3n) is 11.9. The van der Waals surface area contributed by atoms with E-state index in [1.807, 2.05) is 0 Å². The molecule has 0 N–H and O–H groups in total. The molecular weight excluding hydrogens is 781 g/mol. The molecule has 0 amide bonds. The summed E-state index contributed by atoms with van der Waals surface area (Å²) in [5.41, 5.74) is 0.437. The number of esters is 3. The molecule has 0 atom stereocenters. The quantitative estimate of drug-likeness (QED) is 0.0281. The van der Waals surface area contributed by atoms with Crippen LogP contribution in [0.4, 0.5) is 0 Å². The lowest BCUT2D eigenvalue weighted by atomic mass is 10.0. The minimum absolute atomic E-state index is 0.0641. The fourth-order valence-corrected chi connectivity index (χ4v) is 7.74. The highest BCUT2D eigenvalue weighted by Crippen LogP contribution is 2.19. The van der Waals surface area contributed by atoms with Gasteiger partial charge in [-0.1, -0.05) is 192 Å². The van der Waals surface area contributed by atoms with Crippen LogP contribution in [0.1, 0.15) is 283 Å². The Hall–Kier alpha value is -3.15. The molecule has 0 aliphatic carbocycles. The molecular formula is C57H96O6. The van der Waals surface area contributed by atoms with Gasteiger partial charge in [-0.3, -0.25) is 0 Å². The number of hydrogen-bond donors (Lipinski definition) is 0. The van der Waals surface area contributed by atoms with Gasteiger partial charge in [0.25, 0.3) is 0 Å². The highest BCUT2D eigenvalue weighted by Gasteiger charge is 2.22. The van der Waals surface area contributed by atoms with Crippen LogP contribution < -0.4 is 0 Å². The summed E-state index contributed by atoms with van der Waals surface area (Å²) in [7, 11) is 0. The van der Waals surface area contributed by atoms with Gasteiger partial charge in [-0.2, -0.15) is 0 Å². The van der Waals surface area contributed by atoms with Crippen LogP contribution in [-0.4, -0.2) is 37.7 Å². The Bertz CT molecular complexity index is 1310. The lowest BCUT2D eigenvalue weighted by Gasteiger charge is -2.12.